The lowest BCUT2D eigenvalue weighted by Crippen LogP contribution is -2.42. The zero-order valence-corrected chi connectivity index (χ0v) is 9.69. The second-order valence-corrected chi connectivity index (χ2v) is 4.30. The van der Waals surface area contributed by atoms with Crippen molar-refractivity contribution in [2.45, 2.75) is 30.7 Å². The van der Waals surface area contributed by atoms with Gasteiger partial charge in [-0.15, -0.1) is 0 Å². The maximum Gasteiger partial charge on any atom is 0.328 e. The highest BCUT2D eigenvalue weighted by atomic mass is 19.2. The summed E-state index contributed by atoms with van der Waals surface area (Å²) >= 11 is 0. The number of nitrogens with zero attached hydrogens (tertiary/aromatic N) is 1. The highest BCUT2D eigenvalue weighted by Crippen LogP contribution is 2.32. The van der Waals surface area contributed by atoms with Crippen molar-refractivity contribution in [1.82, 2.24) is 9.55 Å². The Morgan fingerprint density at radius 1 is 1.47 bits per heavy atom. The van der Waals surface area contributed by atoms with E-state index < -0.39 is 42.0 Å². The number of aromatic nitrogens is 2. The molecule has 0 radical (unpaired) electrons. The molecule has 1 saturated heterocycles. The van der Waals surface area contributed by atoms with Crippen molar-refractivity contribution in [3.05, 3.63) is 33.1 Å². The van der Waals surface area contributed by atoms with Gasteiger partial charge in [-0.3, -0.25) is 14.3 Å². The second-order valence-electron chi connectivity index (χ2n) is 4.30. The fourth-order valence-corrected chi connectivity index (χ4v) is 1.91. The number of aliphatic hydroxyl groups is 3. The van der Waals surface area contributed by atoms with Crippen LogP contribution in [0.15, 0.2) is 21.9 Å². The molecule has 4 atom stereocenters. The van der Waals surface area contributed by atoms with E-state index in [4.69, 9.17) is 9.84 Å². The minimum absolute atomic E-state index is 0.278. The van der Waals surface area contributed by atoms with E-state index in [9.17, 15) is 24.2 Å². The smallest absolute Gasteiger partial charge is 0.328 e. The van der Waals surface area contributed by atoms with Gasteiger partial charge in [0.15, 0.2) is 0 Å². The van der Waals surface area contributed by atoms with E-state index in [0.29, 0.717) is 0 Å². The summed E-state index contributed by atoms with van der Waals surface area (Å²) in [5, 5.41) is 27.8. The highest BCUT2D eigenvalue weighted by Gasteiger charge is 2.54. The fourth-order valence-electron chi connectivity index (χ4n) is 1.91. The van der Waals surface area contributed by atoms with Crippen LogP contribution in [0.25, 0.3) is 0 Å². The average Bonchev–Trinajstić information content (AvgIpc) is 2.58. The molecule has 1 aromatic rings. The number of ether oxygens (including phenoxy) is 1. The number of aromatic amines is 1. The Kier molecular flexibility index (Phi) is 3.54. The number of nitrogens with one attached hydrogen (secondary N) is 1. The third-order valence-corrected chi connectivity index (χ3v) is 2.98. The Balaban J connectivity index is 2.21. The molecule has 1 aromatic heterocycles. The quantitative estimate of drug-likeness (QED) is 0.476. The van der Waals surface area contributed by atoms with Gasteiger partial charge in [-0.2, -0.15) is 0 Å². The standard InChI is InChI=1S/C10H13FN2O6/c11-10(4-14)8(17)7(16)5(19-10)3-13-2-1-6(15)12-9(13)18/h1-2,5,7-8,14,16-17H,3-4H2,(H,12,15,18)/t5-,7-,8-,10+/m0/s1. The van der Waals surface area contributed by atoms with Gasteiger partial charge in [0.05, 0.1) is 6.54 Å². The highest BCUT2D eigenvalue weighted by molar-refractivity contribution is 4.96. The molecule has 2 rings (SSSR count). The van der Waals surface area contributed by atoms with Gasteiger partial charge in [-0.25, -0.2) is 9.18 Å². The number of hydrogen-bond donors (Lipinski definition) is 4. The Labute approximate surface area is 105 Å². The predicted octanol–water partition coefficient (Wildman–Crippen LogP) is -2.68. The van der Waals surface area contributed by atoms with E-state index in [1.807, 2.05) is 4.98 Å². The summed E-state index contributed by atoms with van der Waals surface area (Å²) in [7, 11) is 0. The van der Waals surface area contributed by atoms with Crippen LogP contribution in [-0.2, 0) is 11.3 Å². The van der Waals surface area contributed by atoms with E-state index in [1.54, 1.807) is 0 Å². The monoisotopic (exact) mass is 276 g/mol. The molecule has 4 N–H and O–H groups in total. The van der Waals surface area contributed by atoms with Crippen LogP contribution in [0.2, 0.25) is 0 Å². The van der Waals surface area contributed by atoms with Gasteiger partial charge in [0.2, 0.25) is 0 Å². The summed E-state index contributed by atoms with van der Waals surface area (Å²) in [6.07, 6.45) is -3.59. The summed E-state index contributed by atoms with van der Waals surface area (Å²) in [5.74, 6) is -2.77. The first-order chi connectivity index (χ1) is 8.87. The van der Waals surface area contributed by atoms with Crippen LogP contribution in [0.3, 0.4) is 0 Å². The van der Waals surface area contributed by atoms with Gasteiger partial charge >= 0.3 is 5.69 Å². The summed E-state index contributed by atoms with van der Waals surface area (Å²) < 4.78 is 19.5. The van der Waals surface area contributed by atoms with Crippen LogP contribution in [0.4, 0.5) is 4.39 Å². The summed E-state index contributed by atoms with van der Waals surface area (Å²) in [5.41, 5.74) is -1.34. The largest absolute Gasteiger partial charge is 0.390 e. The van der Waals surface area contributed by atoms with Gasteiger partial charge in [-0.1, -0.05) is 0 Å². The molecule has 0 amide bonds. The molecule has 0 aromatic carbocycles. The van der Waals surface area contributed by atoms with Crippen molar-refractivity contribution in [3.8, 4) is 0 Å². The summed E-state index contributed by atoms with van der Waals surface area (Å²) in [6.45, 7) is -1.40. The van der Waals surface area contributed by atoms with Gasteiger partial charge in [0.25, 0.3) is 11.4 Å². The van der Waals surface area contributed by atoms with Crippen LogP contribution in [0, 0.1) is 0 Å². The van der Waals surface area contributed by atoms with Crippen molar-refractivity contribution in [1.29, 1.82) is 0 Å². The Hall–Kier alpha value is -1.55. The van der Waals surface area contributed by atoms with E-state index in [0.717, 1.165) is 16.8 Å². The zero-order chi connectivity index (χ0) is 14.2. The third-order valence-electron chi connectivity index (χ3n) is 2.98. The number of alkyl halides is 1. The Bertz CT molecular complexity index is 572. The maximum atomic E-state index is 13.8. The molecule has 0 aliphatic carbocycles. The summed E-state index contributed by atoms with van der Waals surface area (Å²) in [6, 6.07) is 1.08. The second kappa shape index (κ2) is 4.85. The van der Waals surface area contributed by atoms with Crippen LogP contribution in [0.1, 0.15) is 0 Å². The Morgan fingerprint density at radius 3 is 2.68 bits per heavy atom. The van der Waals surface area contributed by atoms with E-state index >= 15 is 0 Å². The molecule has 0 saturated carbocycles. The first-order valence-corrected chi connectivity index (χ1v) is 5.51. The lowest BCUT2D eigenvalue weighted by molar-refractivity contribution is -0.197. The van der Waals surface area contributed by atoms with Crippen LogP contribution >= 0.6 is 0 Å². The molecule has 0 bridgehead atoms. The lowest BCUT2D eigenvalue weighted by Gasteiger charge is -2.19. The average molecular weight is 276 g/mol. The lowest BCUT2D eigenvalue weighted by atomic mass is 10.1. The molecule has 19 heavy (non-hydrogen) atoms. The van der Waals surface area contributed by atoms with Crippen LogP contribution in [-0.4, -0.2) is 55.6 Å². The maximum absolute atomic E-state index is 13.8. The van der Waals surface area contributed by atoms with Crippen molar-refractivity contribution in [2.75, 3.05) is 6.61 Å². The third kappa shape index (κ3) is 2.45. The SMILES string of the molecule is O=c1ccn(C[C@@H]2O[C@](F)(CO)[C@@H](O)[C@H]2O)c(=O)[nH]1. The molecule has 106 valence electrons. The first kappa shape index (κ1) is 13.9. The number of H-pyrrole nitrogens is 1. The Morgan fingerprint density at radius 2 is 2.16 bits per heavy atom. The molecule has 9 heteroatoms. The molecule has 1 aliphatic heterocycles. The van der Waals surface area contributed by atoms with Crippen molar-refractivity contribution >= 4 is 0 Å². The molecule has 2 heterocycles. The van der Waals surface area contributed by atoms with E-state index in [-0.39, 0.29) is 6.54 Å². The van der Waals surface area contributed by atoms with E-state index in [2.05, 4.69) is 0 Å². The molecule has 1 fully saturated rings. The molecule has 0 unspecified atom stereocenters. The van der Waals surface area contributed by atoms with E-state index in [1.165, 1.54) is 0 Å². The number of rotatable bonds is 3. The number of halogens is 1. The molecule has 8 nitrogen and oxygen atoms in total. The van der Waals surface area contributed by atoms with Gasteiger partial charge in [-0.05, 0) is 0 Å². The van der Waals surface area contributed by atoms with Gasteiger partial charge in [0.1, 0.15) is 24.9 Å². The zero-order valence-electron chi connectivity index (χ0n) is 9.69. The predicted molar refractivity (Wildman–Crippen MR) is 59.1 cm³/mol. The molecule has 0 spiro atoms. The number of hydrogen-bond acceptors (Lipinski definition) is 6. The molecular weight excluding hydrogens is 263 g/mol. The van der Waals surface area contributed by atoms with Crippen molar-refractivity contribution < 1.29 is 24.4 Å². The molecule has 1 aliphatic rings. The van der Waals surface area contributed by atoms with Gasteiger partial charge in [0, 0.05) is 12.3 Å². The fraction of sp³-hybridized carbons (Fsp3) is 0.600. The normalized spacial score (nSPS) is 34.6. The number of aliphatic hydroxyl groups excluding tert-OH is 3. The first-order valence-electron chi connectivity index (χ1n) is 5.51. The van der Waals surface area contributed by atoms with Gasteiger partial charge < -0.3 is 20.1 Å². The van der Waals surface area contributed by atoms with Crippen molar-refractivity contribution in [2.24, 2.45) is 0 Å². The minimum atomic E-state index is -2.77. The topological polar surface area (TPSA) is 125 Å². The van der Waals surface area contributed by atoms with Crippen LogP contribution in [0.5, 0.6) is 0 Å². The molecular formula is C10H13FN2O6. The van der Waals surface area contributed by atoms with Crippen molar-refractivity contribution in [3.63, 3.8) is 0 Å². The minimum Gasteiger partial charge on any atom is -0.390 e. The van der Waals surface area contributed by atoms with Crippen LogP contribution < -0.4 is 11.2 Å². The summed E-state index contributed by atoms with van der Waals surface area (Å²) in [4.78, 5) is 24.3.